The SMILES string of the molecule is CC(O)C(NC(=O)NCC1CCC(=O)N1)C(=O)O. The molecule has 0 saturated carbocycles. The summed E-state index contributed by atoms with van der Waals surface area (Å²) in [4.78, 5) is 33.0. The Morgan fingerprint density at radius 1 is 1.56 bits per heavy atom. The van der Waals surface area contributed by atoms with E-state index in [0.29, 0.717) is 12.8 Å². The van der Waals surface area contributed by atoms with E-state index in [1.165, 1.54) is 6.92 Å². The van der Waals surface area contributed by atoms with Crippen molar-refractivity contribution in [2.45, 2.75) is 38.0 Å². The van der Waals surface area contributed by atoms with Gasteiger partial charge in [0.05, 0.1) is 6.10 Å². The minimum Gasteiger partial charge on any atom is -0.480 e. The molecule has 3 amide bonds. The molecule has 0 aromatic heterocycles. The lowest BCUT2D eigenvalue weighted by Gasteiger charge is -2.18. The van der Waals surface area contributed by atoms with Crippen LogP contribution >= 0.6 is 0 Å². The normalized spacial score (nSPS) is 21.9. The Morgan fingerprint density at radius 2 is 2.22 bits per heavy atom. The number of aliphatic hydroxyl groups excluding tert-OH is 1. The summed E-state index contributed by atoms with van der Waals surface area (Å²) in [5.74, 6) is -1.37. The first-order chi connectivity index (χ1) is 8.40. The van der Waals surface area contributed by atoms with Crippen molar-refractivity contribution in [2.24, 2.45) is 0 Å². The molecule has 1 heterocycles. The van der Waals surface area contributed by atoms with Crippen LogP contribution in [0.5, 0.6) is 0 Å². The molecule has 5 N–H and O–H groups in total. The first-order valence-corrected chi connectivity index (χ1v) is 5.64. The lowest BCUT2D eigenvalue weighted by molar-refractivity contribution is -0.141. The number of rotatable bonds is 5. The molecule has 3 unspecified atom stereocenters. The van der Waals surface area contributed by atoms with Crippen molar-refractivity contribution in [3.8, 4) is 0 Å². The Morgan fingerprint density at radius 3 is 2.67 bits per heavy atom. The molecule has 0 radical (unpaired) electrons. The van der Waals surface area contributed by atoms with Crippen LogP contribution in [0.4, 0.5) is 4.79 Å². The van der Waals surface area contributed by atoms with E-state index in [0.717, 1.165) is 0 Å². The van der Waals surface area contributed by atoms with Gasteiger partial charge in [-0.25, -0.2) is 9.59 Å². The van der Waals surface area contributed by atoms with Gasteiger partial charge in [0.15, 0.2) is 6.04 Å². The maximum Gasteiger partial charge on any atom is 0.328 e. The third-order valence-corrected chi connectivity index (χ3v) is 2.63. The molecule has 0 aromatic carbocycles. The van der Waals surface area contributed by atoms with Crippen LogP contribution in [0.25, 0.3) is 0 Å². The summed E-state index contributed by atoms with van der Waals surface area (Å²) in [5, 5.41) is 25.2. The highest BCUT2D eigenvalue weighted by Gasteiger charge is 2.26. The predicted molar refractivity (Wildman–Crippen MR) is 60.8 cm³/mol. The monoisotopic (exact) mass is 259 g/mol. The van der Waals surface area contributed by atoms with Gasteiger partial charge < -0.3 is 26.2 Å². The van der Waals surface area contributed by atoms with Crippen molar-refractivity contribution in [1.82, 2.24) is 16.0 Å². The van der Waals surface area contributed by atoms with E-state index in [4.69, 9.17) is 10.2 Å². The third-order valence-electron chi connectivity index (χ3n) is 2.63. The topological polar surface area (TPSA) is 128 Å². The molecule has 1 rings (SSSR count). The van der Waals surface area contributed by atoms with Crippen molar-refractivity contribution in [1.29, 1.82) is 0 Å². The number of carbonyl (C=O) groups is 3. The number of aliphatic carboxylic acids is 1. The van der Waals surface area contributed by atoms with Gasteiger partial charge in [0.1, 0.15) is 0 Å². The smallest absolute Gasteiger partial charge is 0.328 e. The Labute approximate surface area is 104 Å². The average Bonchev–Trinajstić information content (AvgIpc) is 2.68. The van der Waals surface area contributed by atoms with E-state index in [9.17, 15) is 14.4 Å². The summed E-state index contributed by atoms with van der Waals surface area (Å²) in [5.41, 5.74) is 0. The van der Waals surface area contributed by atoms with E-state index in [1.54, 1.807) is 0 Å². The number of carboxylic acids is 1. The maximum absolute atomic E-state index is 11.4. The summed E-state index contributed by atoms with van der Waals surface area (Å²) < 4.78 is 0. The second kappa shape index (κ2) is 6.20. The molecule has 1 fully saturated rings. The van der Waals surface area contributed by atoms with Gasteiger partial charge >= 0.3 is 12.0 Å². The summed E-state index contributed by atoms with van der Waals surface area (Å²) >= 11 is 0. The van der Waals surface area contributed by atoms with Crippen LogP contribution in [0.3, 0.4) is 0 Å². The van der Waals surface area contributed by atoms with Gasteiger partial charge in [0.2, 0.25) is 5.91 Å². The molecule has 8 nitrogen and oxygen atoms in total. The van der Waals surface area contributed by atoms with E-state index in [2.05, 4.69) is 16.0 Å². The fraction of sp³-hybridized carbons (Fsp3) is 0.700. The molecule has 18 heavy (non-hydrogen) atoms. The van der Waals surface area contributed by atoms with Crippen LogP contribution in [-0.4, -0.2) is 52.9 Å². The highest BCUT2D eigenvalue weighted by Crippen LogP contribution is 2.04. The van der Waals surface area contributed by atoms with Gasteiger partial charge in [-0.1, -0.05) is 0 Å². The quantitative estimate of drug-likeness (QED) is 0.406. The molecule has 0 bridgehead atoms. The Bertz CT molecular complexity index is 344. The predicted octanol–water partition coefficient (Wildman–Crippen LogP) is -1.60. The fourth-order valence-corrected chi connectivity index (χ4v) is 1.63. The molecule has 0 spiro atoms. The minimum atomic E-state index is -1.36. The van der Waals surface area contributed by atoms with Crippen molar-refractivity contribution in [3.63, 3.8) is 0 Å². The molecular weight excluding hydrogens is 242 g/mol. The molecule has 0 aliphatic carbocycles. The van der Waals surface area contributed by atoms with Crippen LogP contribution in [0.1, 0.15) is 19.8 Å². The number of urea groups is 1. The highest BCUT2D eigenvalue weighted by molar-refractivity contribution is 5.83. The first kappa shape index (κ1) is 14.2. The summed E-state index contributed by atoms with van der Waals surface area (Å²) in [7, 11) is 0. The van der Waals surface area contributed by atoms with Crippen LogP contribution in [-0.2, 0) is 9.59 Å². The molecule has 1 saturated heterocycles. The number of nitrogens with one attached hydrogen (secondary N) is 3. The second-order valence-corrected chi connectivity index (χ2v) is 4.21. The Balaban J connectivity index is 2.32. The Kier molecular flexibility index (Phi) is 4.90. The maximum atomic E-state index is 11.4. The number of carbonyl (C=O) groups excluding carboxylic acids is 2. The van der Waals surface area contributed by atoms with E-state index in [-0.39, 0.29) is 18.5 Å². The van der Waals surface area contributed by atoms with Crippen LogP contribution in [0.15, 0.2) is 0 Å². The van der Waals surface area contributed by atoms with Gasteiger partial charge in [-0.05, 0) is 13.3 Å². The van der Waals surface area contributed by atoms with Crippen molar-refractivity contribution in [2.75, 3.05) is 6.54 Å². The van der Waals surface area contributed by atoms with E-state index >= 15 is 0 Å². The second-order valence-electron chi connectivity index (χ2n) is 4.21. The number of hydrogen-bond acceptors (Lipinski definition) is 4. The zero-order valence-corrected chi connectivity index (χ0v) is 9.97. The molecule has 102 valence electrons. The van der Waals surface area contributed by atoms with Crippen molar-refractivity contribution < 1.29 is 24.6 Å². The van der Waals surface area contributed by atoms with E-state index < -0.39 is 24.1 Å². The lowest BCUT2D eigenvalue weighted by atomic mass is 10.2. The zero-order valence-electron chi connectivity index (χ0n) is 9.97. The van der Waals surface area contributed by atoms with Gasteiger partial charge in [-0.2, -0.15) is 0 Å². The van der Waals surface area contributed by atoms with Crippen LogP contribution in [0.2, 0.25) is 0 Å². The molecule has 1 aliphatic heterocycles. The van der Waals surface area contributed by atoms with Gasteiger partial charge in [0.25, 0.3) is 0 Å². The molecular formula is C10H17N3O5. The van der Waals surface area contributed by atoms with Crippen molar-refractivity contribution >= 4 is 17.9 Å². The number of amides is 3. The summed E-state index contributed by atoms with van der Waals surface area (Å²) in [6.45, 7) is 1.50. The van der Waals surface area contributed by atoms with Crippen LogP contribution in [0, 0.1) is 0 Å². The molecule has 0 aromatic rings. The highest BCUT2D eigenvalue weighted by atomic mass is 16.4. The minimum absolute atomic E-state index is 0.0606. The molecule has 3 atom stereocenters. The number of aliphatic hydroxyl groups is 1. The first-order valence-electron chi connectivity index (χ1n) is 5.64. The average molecular weight is 259 g/mol. The van der Waals surface area contributed by atoms with Gasteiger partial charge in [-0.15, -0.1) is 0 Å². The molecule has 1 aliphatic rings. The fourth-order valence-electron chi connectivity index (χ4n) is 1.63. The van der Waals surface area contributed by atoms with Crippen LogP contribution < -0.4 is 16.0 Å². The van der Waals surface area contributed by atoms with E-state index in [1.807, 2.05) is 0 Å². The standard InChI is InChI=1S/C10H17N3O5/c1-5(14)8(9(16)17)13-10(18)11-4-6-2-3-7(15)12-6/h5-6,8,14H,2-4H2,1H3,(H,12,15)(H,16,17)(H2,11,13,18). The Hall–Kier alpha value is -1.83. The largest absolute Gasteiger partial charge is 0.480 e. The summed E-state index contributed by atoms with van der Waals surface area (Å²) in [6.07, 6.45) is -0.128. The van der Waals surface area contributed by atoms with Gasteiger partial charge in [0, 0.05) is 19.0 Å². The number of hydrogen-bond donors (Lipinski definition) is 5. The summed E-state index contributed by atoms with van der Waals surface area (Å²) in [6, 6.07) is -2.18. The zero-order chi connectivity index (χ0) is 13.7. The third kappa shape index (κ3) is 4.21. The van der Waals surface area contributed by atoms with Gasteiger partial charge in [-0.3, -0.25) is 4.79 Å². The van der Waals surface area contributed by atoms with Crippen molar-refractivity contribution in [3.05, 3.63) is 0 Å². The number of carboxylic acid groups (broad SMARTS) is 1. The molecule has 8 heteroatoms. The lowest BCUT2D eigenvalue weighted by Crippen LogP contribution is -2.52.